The van der Waals surface area contributed by atoms with Gasteiger partial charge in [-0.15, -0.1) is 0 Å². The number of nitrogens with one attached hydrogen (secondary N) is 1. The van der Waals surface area contributed by atoms with Gasteiger partial charge in [-0.25, -0.2) is 0 Å². The van der Waals surface area contributed by atoms with Crippen molar-refractivity contribution in [3.05, 3.63) is 53.6 Å². The predicted molar refractivity (Wildman–Crippen MR) is 142 cm³/mol. The molecule has 36 heavy (non-hydrogen) atoms. The molecule has 0 unspecified atom stereocenters. The first-order valence-corrected chi connectivity index (χ1v) is 12.4. The summed E-state index contributed by atoms with van der Waals surface area (Å²) in [6.45, 7) is 2.77. The van der Waals surface area contributed by atoms with Crippen LogP contribution in [0.25, 0.3) is 6.08 Å². The molecule has 0 radical (unpaired) electrons. The number of amides is 1. The molecule has 9 nitrogen and oxygen atoms in total. The number of carbonyl (C=O) groups excluding carboxylic acids is 1. The van der Waals surface area contributed by atoms with Gasteiger partial charge in [0.05, 0.1) is 19.8 Å². The van der Waals surface area contributed by atoms with E-state index in [4.69, 9.17) is 24.4 Å². The Kier molecular flexibility index (Phi) is 8.27. The predicted octanol–water partition coefficient (Wildman–Crippen LogP) is 4.97. The highest BCUT2D eigenvalue weighted by molar-refractivity contribution is 8.26. The summed E-state index contributed by atoms with van der Waals surface area (Å²) in [5, 5.41) is 15.7. The van der Waals surface area contributed by atoms with Crippen molar-refractivity contribution in [1.29, 1.82) is 5.41 Å². The summed E-state index contributed by atoms with van der Waals surface area (Å²) in [7, 11) is 3.16. The van der Waals surface area contributed by atoms with Crippen LogP contribution in [0.3, 0.4) is 0 Å². The Balaban J connectivity index is 1.40. The molecule has 188 valence electrons. The Bertz CT molecular complexity index is 1220. The van der Waals surface area contributed by atoms with E-state index in [0.29, 0.717) is 35.4 Å². The van der Waals surface area contributed by atoms with E-state index in [1.807, 2.05) is 24.3 Å². The van der Waals surface area contributed by atoms with Gasteiger partial charge >= 0.3 is 0 Å². The maximum atomic E-state index is 12.7. The van der Waals surface area contributed by atoms with Gasteiger partial charge in [0.2, 0.25) is 5.17 Å². The lowest BCUT2D eigenvalue weighted by molar-refractivity contribution is -0.114. The molecule has 0 atom stereocenters. The Morgan fingerprint density at radius 2 is 1.75 bits per heavy atom. The molecular formula is C26H28N4O5S. The third-order valence-electron chi connectivity index (χ3n) is 5.41. The molecule has 10 heteroatoms. The molecule has 0 saturated carbocycles. The van der Waals surface area contributed by atoms with Gasteiger partial charge in [0.25, 0.3) is 5.91 Å². The number of hydrogen-bond donors (Lipinski definition) is 1. The largest absolute Gasteiger partial charge is 0.497 e. The van der Waals surface area contributed by atoms with Crippen molar-refractivity contribution in [2.24, 2.45) is 10.1 Å². The summed E-state index contributed by atoms with van der Waals surface area (Å²) in [4.78, 5) is 16.8. The Morgan fingerprint density at radius 3 is 2.47 bits per heavy atom. The van der Waals surface area contributed by atoms with Crippen LogP contribution in [0.15, 0.2) is 58.1 Å². The van der Waals surface area contributed by atoms with Crippen LogP contribution >= 0.6 is 11.8 Å². The lowest BCUT2D eigenvalue weighted by atomic mass is 10.1. The van der Waals surface area contributed by atoms with Gasteiger partial charge in [-0.2, -0.15) is 15.1 Å². The van der Waals surface area contributed by atoms with Crippen LogP contribution in [0.4, 0.5) is 0 Å². The zero-order valence-electron chi connectivity index (χ0n) is 20.4. The van der Waals surface area contributed by atoms with Gasteiger partial charge in [0.15, 0.2) is 17.3 Å². The summed E-state index contributed by atoms with van der Waals surface area (Å²) in [6.07, 6.45) is 4.47. The molecule has 0 saturated heterocycles. The molecule has 0 aliphatic carbocycles. The van der Waals surface area contributed by atoms with Crippen molar-refractivity contribution in [3.8, 4) is 23.0 Å². The second-order valence-corrected chi connectivity index (χ2v) is 8.94. The SMILES string of the molecule is CCCCC1=NN2C(=N)/C(=C/c3ccc(OCCOc4ccc(OC)cc4)c(OC)c3)C(=O)N=C2S1. The van der Waals surface area contributed by atoms with E-state index in [0.717, 1.165) is 35.8 Å². The highest BCUT2D eigenvalue weighted by Crippen LogP contribution is 2.32. The first-order chi connectivity index (χ1) is 17.5. The molecule has 1 N–H and O–H groups in total. The molecule has 2 aliphatic heterocycles. The van der Waals surface area contributed by atoms with E-state index in [-0.39, 0.29) is 11.4 Å². The van der Waals surface area contributed by atoms with Crippen LogP contribution < -0.4 is 18.9 Å². The minimum absolute atomic E-state index is 0.0129. The minimum atomic E-state index is -0.458. The number of hydrogen-bond acceptors (Lipinski definition) is 8. The lowest BCUT2D eigenvalue weighted by Crippen LogP contribution is -2.35. The second kappa shape index (κ2) is 11.8. The zero-order chi connectivity index (χ0) is 25.5. The van der Waals surface area contributed by atoms with Gasteiger partial charge in [-0.05, 0) is 72.6 Å². The maximum Gasteiger partial charge on any atom is 0.283 e. The summed E-state index contributed by atoms with van der Waals surface area (Å²) in [6, 6.07) is 12.6. The summed E-state index contributed by atoms with van der Waals surface area (Å²) in [5.41, 5.74) is 0.853. The molecule has 2 aromatic carbocycles. The van der Waals surface area contributed by atoms with Crippen LogP contribution in [-0.4, -0.2) is 54.4 Å². The van der Waals surface area contributed by atoms with E-state index in [1.54, 1.807) is 38.5 Å². The quantitative estimate of drug-likeness (QED) is 0.337. The number of nitrogens with zero attached hydrogens (tertiary/aromatic N) is 3. The molecule has 0 fully saturated rings. The number of fused-ring (bicyclic) bond motifs is 1. The number of aliphatic imine (C=N–C) groups is 1. The van der Waals surface area contributed by atoms with E-state index in [2.05, 4.69) is 17.0 Å². The summed E-state index contributed by atoms with van der Waals surface area (Å²) in [5.74, 6) is 2.09. The second-order valence-electron chi connectivity index (χ2n) is 7.90. The van der Waals surface area contributed by atoms with Crippen molar-refractivity contribution in [2.75, 3.05) is 27.4 Å². The number of benzene rings is 2. The molecule has 2 heterocycles. The zero-order valence-corrected chi connectivity index (χ0v) is 21.3. The topological polar surface area (TPSA) is 106 Å². The number of ether oxygens (including phenoxy) is 4. The van der Waals surface area contributed by atoms with E-state index < -0.39 is 5.91 Å². The molecule has 0 bridgehead atoms. The van der Waals surface area contributed by atoms with Crippen LogP contribution in [0.2, 0.25) is 0 Å². The highest BCUT2D eigenvalue weighted by Gasteiger charge is 2.35. The smallest absolute Gasteiger partial charge is 0.283 e. The monoisotopic (exact) mass is 508 g/mol. The van der Waals surface area contributed by atoms with E-state index in [9.17, 15) is 4.79 Å². The van der Waals surface area contributed by atoms with Crippen molar-refractivity contribution in [3.63, 3.8) is 0 Å². The number of unbranched alkanes of at least 4 members (excludes halogenated alkanes) is 1. The van der Waals surface area contributed by atoms with Gasteiger partial charge < -0.3 is 18.9 Å². The first kappa shape index (κ1) is 25.3. The van der Waals surface area contributed by atoms with E-state index >= 15 is 0 Å². The summed E-state index contributed by atoms with van der Waals surface area (Å²) >= 11 is 1.35. The standard InChI is InChI=1S/C26H28N4O5S/c1-4-5-6-23-29-30-24(27)20(25(31)28-26(30)36-23)15-17-7-12-21(22(16-17)33-3)35-14-13-34-19-10-8-18(32-2)9-11-19/h7-12,15-16,27H,4-6,13-14H2,1-3H3/b20-15-,27-24?. The third kappa shape index (κ3) is 5.88. The normalized spacial score (nSPS) is 16.0. The van der Waals surface area contributed by atoms with Gasteiger partial charge in [-0.3, -0.25) is 10.2 Å². The third-order valence-corrected chi connectivity index (χ3v) is 6.38. The average Bonchev–Trinajstić information content (AvgIpc) is 3.31. The van der Waals surface area contributed by atoms with Gasteiger partial charge in [0, 0.05) is 0 Å². The number of carbonyl (C=O) groups is 1. The van der Waals surface area contributed by atoms with Crippen molar-refractivity contribution in [1.82, 2.24) is 5.01 Å². The lowest BCUT2D eigenvalue weighted by Gasteiger charge is -2.20. The first-order valence-electron chi connectivity index (χ1n) is 11.6. The average molecular weight is 509 g/mol. The molecule has 2 aliphatic rings. The van der Waals surface area contributed by atoms with Crippen LogP contribution in [0.5, 0.6) is 23.0 Å². The van der Waals surface area contributed by atoms with Crippen molar-refractivity contribution < 1.29 is 23.7 Å². The van der Waals surface area contributed by atoms with Crippen LogP contribution in [0, 0.1) is 5.41 Å². The highest BCUT2D eigenvalue weighted by atomic mass is 32.2. The molecule has 4 rings (SSSR count). The number of rotatable bonds is 11. The molecule has 0 aromatic heterocycles. The fraction of sp³-hybridized carbons (Fsp3) is 0.308. The Morgan fingerprint density at radius 1 is 1.00 bits per heavy atom. The van der Waals surface area contributed by atoms with E-state index in [1.165, 1.54) is 16.8 Å². The number of hydrazone groups is 1. The summed E-state index contributed by atoms with van der Waals surface area (Å²) < 4.78 is 22.1. The van der Waals surface area contributed by atoms with Gasteiger partial charge in [0.1, 0.15) is 29.8 Å². The molecule has 1 amide bonds. The fourth-order valence-corrected chi connectivity index (χ4v) is 4.43. The Hall–Kier alpha value is -3.79. The van der Waals surface area contributed by atoms with Crippen LogP contribution in [0.1, 0.15) is 31.7 Å². The maximum absolute atomic E-state index is 12.7. The number of amidine groups is 2. The molecule has 0 spiro atoms. The van der Waals surface area contributed by atoms with Crippen molar-refractivity contribution in [2.45, 2.75) is 26.2 Å². The van der Waals surface area contributed by atoms with Gasteiger partial charge in [-0.1, -0.05) is 19.4 Å². The molecular weight excluding hydrogens is 480 g/mol. The van der Waals surface area contributed by atoms with Crippen LogP contribution in [-0.2, 0) is 4.79 Å². The fourth-order valence-electron chi connectivity index (χ4n) is 3.50. The number of methoxy groups -OCH3 is 2. The molecule has 2 aromatic rings. The Labute approximate surface area is 214 Å². The number of thioether (sulfide) groups is 1. The van der Waals surface area contributed by atoms with Crippen molar-refractivity contribution >= 4 is 39.8 Å². The minimum Gasteiger partial charge on any atom is -0.497 e.